The average Bonchev–Trinajstić information content (AvgIpc) is 0.918. The van der Waals surface area contributed by atoms with Crippen molar-refractivity contribution in [1.82, 2.24) is 0 Å². The Morgan fingerprint density at radius 1 is 1.20 bits per heavy atom. The van der Waals surface area contributed by atoms with E-state index in [1.165, 1.54) is 0 Å². The van der Waals surface area contributed by atoms with Crippen LogP contribution in [0.3, 0.4) is 0 Å². The van der Waals surface area contributed by atoms with E-state index >= 15 is 0 Å². The molecule has 0 spiro atoms. The summed E-state index contributed by atoms with van der Waals surface area (Å²) in [6.07, 6.45) is 0. The molecule has 0 aromatic heterocycles. The van der Waals surface area contributed by atoms with Crippen LogP contribution in [0.25, 0.3) is 0 Å². The molecule has 5 heteroatoms. The Hall–Kier alpha value is 2.80. The van der Waals surface area contributed by atoms with Gasteiger partial charge in [0.15, 0.2) is 0 Å². The topological polar surface area (TPSA) is 0 Å². The van der Waals surface area contributed by atoms with Crippen LogP contribution < -0.4 is 0 Å². The molecule has 0 aliphatic heterocycles. The van der Waals surface area contributed by atoms with Gasteiger partial charge in [-0.05, 0) is 0 Å². The third-order valence-electron chi connectivity index (χ3n) is 0. The fourth-order valence-electron chi connectivity index (χ4n) is 0. The van der Waals surface area contributed by atoms with E-state index in [9.17, 15) is 0 Å². The molecule has 0 fully saturated rings. The van der Waals surface area contributed by atoms with Crippen molar-refractivity contribution in [2.45, 2.75) is 0 Å². The zero-order valence-electron chi connectivity index (χ0n) is 2.27. The second kappa shape index (κ2) is 15.8. The third-order valence-corrected chi connectivity index (χ3v) is 0. The third kappa shape index (κ3) is 20.0. The van der Waals surface area contributed by atoms with Gasteiger partial charge < -0.3 is 0 Å². The molecule has 0 aliphatic rings. The Morgan fingerprint density at radius 3 is 1.20 bits per heavy atom. The van der Waals surface area contributed by atoms with Gasteiger partial charge in [0, 0.05) is 33.6 Å². The van der Waals surface area contributed by atoms with Crippen molar-refractivity contribution in [3.05, 3.63) is 0 Å². The van der Waals surface area contributed by atoms with Crippen molar-refractivity contribution in [2.75, 3.05) is 0 Å². The molecule has 0 radical (unpaired) electrons. The molecular formula is CdFeNiP2. The fraction of sp³-hybridized carbons (Fsp3) is 0. The maximum absolute atomic E-state index is 3.86. The minimum absolute atomic E-state index is 0. The molecule has 30 valence electrons. The minimum atomic E-state index is -0.621. The molecule has 0 saturated heterocycles. The monoisotopic (exact) mass is 290 g/mol. The molecule has 0 amide bonds. The van der Waals surface area contributed by atoms with E-state index in [2.05, 4.69) is 11.3 Å². The Kier molecular flexibility index (Phi) is 49.6. The predicted molar refractivity (Wildman–Crippen MR) is 13.8 cm³/mol. The SMILES string of the molecule is [Fe].[Ni].[P]#[Cd]#[P]. The van der Waals surface area contributed by atoms with E-state index in [4.69, 9.17) is 0 Å². The first-order valence-electron chi connectivity index (χ1n) is 0.632. The van der Waals surface area contributed by atoms with E-state index in [1.54, 1.807) is 0 Å². The molecule has 0 unspecified atom stereocenters. The summed E-state index contributed by atoms with van der Waals surface area (Å²) in [6, 6.07) is 0. The van der Waals surface area contributed by atoms with Crippen molar-refractivity contribution < 1.29 is 55.1 Å². The van der Waals surface area contributed by atoms with Crippen LogP contribution in [0.2, 0.25) is 0 Å². The van der Waals surface area contributed by atoms with E-state index in [0.29, 0.717) is 0 Å². The molecule has 0 aromatic rings. The molecule has 5 heavy (non-hydrogen) atoms. The van der Waals surface area contributed by atoms with Gasteiger partial charge in [0.1, 0.15) is 0 Å². The average molecular weight is 289 g/mol. The van der Waals surface area contributed by atoms with Gasteiger partial charge in [0.25, 0.3) is 0 Å². The first-order chi connectivity index (χ1) is 1.41. The van der Waals surface area contributed by atoms with Crippen LogP contribution in [0.15, 0.2) is 0 Å². The Morgan fingerprint density at radius 2 is 1.20 bits per heavy atom. The van der Waals surface area contributed by atoms with E-state index < -0.39 is 21.5 Å². The van der Waals surface area contributed by atoms with E-state index in [0.717, 1.165) is 0 Å². The quantitative estimate of drug-likeness (QED) is 0.470. The summed E-state index contributed by atoms with van der Waals surface area (Å²) < 4.78 is 0. The van der Waals surface area contributed by atoms with Gasteiger partial charge in [-0.1, -0.05) is 0 Å². The molecule has 0 saturated carbocycles. The van der Waals surface area contributed by atoms with Crippen LogP contribution in [-0.2, 0) is 55.1 Å². The van der Waals surface area contributed by atoms with Gasteiger partial charge in [-0.25, -0.2) is 0 Å². The van der Waals surface area contributed by atoms with Crippen LogP contribution in [-0.4, -0.2) is 0 Å². The summed E-state index contributed by atoms with van der Waals surface area (Å²) in [7, 11) is 0. The maximum atomic E-state index is 3.86. The molecule has 0 rings (SSSR count). The second-order valence-electron chi connectivity index (χ2n) is 0.141. The summed E-state index contributed by atoms with van der Waals surface area (Å²) in [5.74, 6) is 0. The zero-order chi connectivity index (χ0) is 2.71. The molecule has 0 N–H and O–H groups in total. The molecule has 0 aliphatic carbocycles. The molecule has 0 nitrogen and oxygen atoms in total. The van der Waals surface area contributed by atoms with Gasteiger partial charge in [0.2, 0.25) is 0 Å². The summed E-state index contributed by atoms with van der Waals surface area (Å²) in [5, 5.41) is 0. The zero-order valence-corrected chi connectivity index (χ0v) is 10.2. The first-order valence-corrected chi connectivity index (χ1v) is 12.7. The Labute approximate surface area is 65.5 Å². The van der Waals surface area contributed by atoms with Gasteiger partial charge in [-0.3, -0.25) is 0 Å². The van der Waals surface area contributed by atoms with E-state index in [-0.39, 0.29) is 33.6 Å². The summed E-state index contributed by atoms with van der Waals surface area (Å²) >= 11 is -0.621. The van der Waals surface area contributed by atoms with Crippen molar-refractivity contribution >= 4 is 11.3 Å². The normalized spacial score (nSPS) is 3.60. The molecule has 0 bridgehead atoms. The molecule has 0 heterocycles. The number of rotatable bonds is 0. The first kappa shape index (κ1) is 15.7. The summed E-state index contributed by atoms with van der Waals surface area (Å²) in [4.78, 5) is 0. The summed E-state index contributed by atoms with van der Waals surface area (Å²) in [5.41, 5.74) is 7.73. The van der Waals surface area contributed by atoms with Gasteiger partial charge in [-0.2, -0.15) is 0 Å². The molecule has 0 aromatic carbocycles. The van der Waals surface area contributed by atoms with Crippen molar-refractivity contribution in [3.8, 4) is 0 Å². The van der Waals surface area contributed by atoms with Crippen LogP contribution in [0.1, 0.15) is 0 Å². The van der Waals surface area contributed by atoms with Crippen molar-refractivity contribution in [2.24, 2.45) is 0 Å². The van der Waals surface area contributed by atoms with Gasteiger partial charge in [0.05, 0.1) is 0 Å². The number of hydrogen-bond acceptors (Lipinski definition) is 0. The Bertz CT molecular complexity index is 82.8. The summed E-state index contributed by atoms with van der Waals surface area (Å²) in [6.45, 7) is 0. The van der Waals surface area contributed by atoms with Gasteiger partial charge in [-0.15, -0.1) is 0 Å². The van der Waals surface area contributed by atoms with Gasteiger partial charge >= 0.3 is 32.8 Å². The number of hydrogen-bond donors (Lipinski definition) is 0. The predicted octanol–water partition coefficient (Wildman–Crippen LogP) is 1.71. The molecule has 0 atom stereocenters. The molecular weight excluding hydrogens is 289 g/mol. The van der Waals surface area contributed by atoms with Crippen molar-refractivity contribution in [1.29, 1.82) is 0 Å². The fourth-order valence-corrected chi connectivity index (χ4v) is 0. The Balaban J connectivity index is -0.0000000200. The standard InChI is InChI=1S/Cd.Fe.Ni.2P. The van der Waals surface area contributed by atoms with Crippen LogP contribution in [0, 0.1) is 0 Å². The van der Waals surface area contributed by atoms with E-state index in [1.807, 2.05) is 0 Å². The van der Waals surface area contributed by atoms with Crippen molar-refractivity contribution in [3.63, 3.8) is 0 Å². The second-order valence-corrected chi connectivity index (χ2v) is 8.54. The van der Waals surface area contributed by atoms with Crippen LogP contribution >= 0.6 is 11.3 Å². The van der Waals surface area contributed by atoms with Crippen LogP contribution in [0.4, 0.5) is 0 Å². The van der Waals surface area contributed by atoms with Crippen LogP contribution in [0.5, 0.6) is 0 Å².